The number of aryl methyl sites for hydroxylation is 1. The van der Waals surface area contributed by atoms with Crippen molar-refractivity contribution in [2.75, 3.05) is 32.7 Å². The summed E-state index contributed by atoms with van der Waals surface area (Å²) in [5.74, 6) is 0. The molecule has 0 spiro atoms. The van der Waals surface area contributed by atoms with Gasteiger partial charge in [-0.3, -0.25) is 4.90 Å². The Hall–Kier alpha value is -0.860. The fourth-order valence-corrected chi connectivity index (χ4v) is 2.71. The predicted octanol–water partition coefficient (Wildman–Crippen LogP) is 3.30. The first-order chi connectivity index (χ1) is 9.28. The van der Waals surface area contributed by atoms with Crippen LogP contribution in [0.2, 0.25) is 0 Å². The summed E-state index contributed by atoms with van der Waals surface area (Å²) in [7, 11) is 0. The fraction of sp³-hybridized carbons (Fsp3) is 0.647. The van der Waals surface area contributed by atoms with E-state index in [0.29, 0.717) is 0 Å². The lowest BCUT2D eigenvalue weighted by molar-refractivity contribution is 0.125. The second-order valence-corrected chi connectivity index (χ2v) is 5.81. The molecule has 106 valence electrons. The largest absolute Gasteiger partial charge is 0.301 e. The van der Waals surface area contributed by atoms with E-state index in [4.69, 9.17) is 0 Å². The van der Waals surface area contributed by atoms with Gasteiger partial charge in [0, 0.05) is 32.7 Å². The van der Waals surface area contributed by atoms with Crippen LogP contribution in [0.3, 0.4) is 0 Å². The van der Waals surface area contributed by atoms with Crippen LogP contribution in [0, 0.1) is 6.92 Å². The summed E-state index contributed by atoms with van der Waals surface area (Å²) in [4.78, 5) is 5.21. The summed E-state index contributed by atoms with van der Waals surface area (Å²) < 4.78 is 0. The molecule has 1 aromatic rings. The molecule has 0 aromatic heterocycles. The Balaban J connectivity index is 1.69. The molecular weight excluding hydrogens is 232 g/mol. The molecule has 0 amide bonds. The molecule has 0 bridgehead atoms. The first-order valence-electron chi connectivity index (χ1n) is 7.78. The molecule has 0 aliphatic carbocycles. The maximum atomic E-state index is 2.63. The average Bonchev–Trinajstić information content (AvgIpc) is 2.44. The van der Waals surface area contributed by atoms with Gasteiger partial charge < -0.3 is 4.90 Å². The molecule has 2 nitrogen and oxygen atoms in total. The van der Waals surface area contributed by atoms with Gasteiger partial charge in [0.15, 0.2) is 0 Å². The van der Waals surface area contributed by atoms with Gasteiger partial charge in [-0.05, 0) is 25.5 Å². The highest BCUT2D eigenvalue weighted by molar-refractivity contribution is 5.21. The molecule has 1 aromatic carbocycles. The quantitative estimate of drug-likeness (QED) is 0.724. The van der Waals surface area contributed by atoms with Crippen LogP contribution in [0.25, 0.3) is 0 Å². The van der Waals surface area contributed by atoms with Crippen LogP contribution in [0.15, 0.2) is 24.3 Å². The van der Waals surface area contributed by atoms with Crippen molar-refractivity contribution in [2.45, 2.75) is 39.7 Å². The van der Waals surface area contributed by atoms with Crippen molar-refractivity contribution in [3.63, 3.8) is 0 Å². The monoisotopic (exact) mass is 260 g/mol. The van der Waals surface area contributed by atoms with E-state index in [1.807, 2.05) is 0 Å². The zero-order valence-electron chi connectivity index (χ0n) is 12.6. The molecule has 0 unspecified atom stereocenters. The Kier molecular flexibility index (Phi) is 5.87. The zero-order valence-corrected chi connectivity index (χ0v) is 12.6. The summed E-state index contributed by atoms with van der Waals surface area (Å²) in [6.45, 7) is 11.8. The van der Waals surface area contributed by atoms with Crippen LogP contribution in [0.5, 0.6) is 0 Å². The first kappa shape index (κ1) is 14.5. The molecule has 2 heteroatoms. The van der Waals surface area contributed by atoms with Crippen molar-refractivity contribution in [1.82, 2.24) is 9.80 Å². The van der Waals surface area contributed by atoms with E-state index < -0.39 is 0 Å². The van der Waals surface area contributed by atoms with E-state index in [-0.39, 0.29) is 0 Å². The summed E-state index contributed by atoms with van der Waals surface area (Å²) in [5, 5.41) is 0. The zero-order chi connectivity index (χ0) is 13.5. The fourth-order valence-electron chi connectivity index (χ4n) is 2.71. The van der Waals surface area contributed by atoms with Gasteiger partial charge in [0.1, 0.15) is 0 Å². The van der Waals surface area contributed by atoms with Crippen LogP contribution in [-0.4, -0.2) is 42.5 Å². The van der Waals surface area contributed by atoms with E-state index in [2.05, 4.69) is 47.9 Å². The second kappa shape index (κ2) is 7.66. The number of unbranched alkanes of at least 4 members (excludes halogenated alkanes) is 2. The molecule has 1 aliphatic heterocycles. The summed E-state index contributed by atoms with van der Waals surface area (Å²) in [6, 6.07) is 8.97. The molecule has 1 aliphatic rings. The van der Waals surface area contributed by atoms with E-state index >= 15 is 0 Å². The highest BCUT2D eigenvalue weighted by atomic mass is 15.3. The SMILES string of the molecule is CCCCCN1CCN(Cc2ccc(C)cc2)CC1. The van der Waals surface area contributed by atoms with Crippen molar-refractivity contribution in [3.05, 3.63) is 35.4 Å². The third-order valence-corrected chi connectivity index (χ3v) is 4.07. The van der Waals surface area contributed by atoms with Crippen LogP contribution >= 0.6 is 0 Å². The summed E-state index contributed by atoms with van der Waals surface area (Å²) in [6.07, 6.45) is 4.07. The molecule has 1 saturated heterocycles. The molecule has 1 fully saturated rings. The Morgan fingerprint density at radius 2 is 1.53 bits per heavy atom. The van der Waals surface area contributed by atoms with Crippen LogP contribution in [-0.2, 0) is 6.54 Å². The van der Waals surface area contributed by atoms with Gasteiger partial charge in [-0.2, -0.15) is 0 Å². The van der Waals surface area contributed by atoms with Crippen LogP contribution in [0.4, 0.5) is 0 Å². The van der Waals surface area contributed by atoms with Gasteiger partial charge in [-0.15, -0.1) is 0 Å². The molecule has 0 N–H and O–H groups in total. The Morgan fingerprint density at radius 1 is 0.895 bits per heavy atom. The van der Waals surface area contributed by atoms with E-state index in [0.717, 1.165) is 6.54 Å². The molecule has 0 saturated carbocycles. The molecule has 2 rings (SSSR count). The number of rotatable bonds is 6. The van der Waals surface area contributed by atoms with Gasteiger partial charge in [-0.1, -0.05) is 49.6 Å². The van der Waals surface area contributed by atoms with Crippen molar-refractivity contribution in [2.24, 2.45) is 0 Å². The predicted molar refractivity (Wildman–Crippen MR) is 82.4 cm³/mol. The Labute approximate surface area is 118 Å². The van der Waals surface area contributed by atoms with Crippen LogP contribution < -0.4 is 0 Å². The molecule has 0 atom stereocenters. The highest BCUT2D eigenvalue weighted by Gasteiger charge is 2.16. The molecule has 19 heavy (non-hydrogen) atoms. The van der Waals surface area contributed by atoms with Gasteiger partial charge in [0.2, 0.25) is 0 Å². The topological polar surface area (TPSA) is 6.48 Å². The number of benzene rings is 1. The van der Waals surface area contributed by atoms with Crippen LogP contribution in [0.1, 0.15) is 37.3 Å². The number of piperazine rings is 1. The third-order valence-electron chi connectivity index (χ3n) is 4.07. The number of hydrogen-bond donors (Lipinski definition) is 0. The minimum atomic E-state index is 1.11. The smallest absolute Gasteiger partial charge is 0.0234 e. The molecule has 1 heterocycles. The van der Waals surface area contributed by atoms with Gasteiger partial charge in [0.05, 0.1) is 0 Å². The van der Waals surface area contributed by atoms with Gasteiger partial charge >= 0.3 is 0 Å². The maximum Gasteiger partial charge on any atom is 0.0234 e. The lowest BCUT2D eigenvalue weighted by Gasteiger charge is -2.34. The molecule has 0 radical (unpaired) electrons. The first-order valence-corrected chi connectivity index (χ1v) is 7.78. The number of nitrogens with zero attached hydrogens (tertiary/aromatic N) is 2. The maximum absolute atomic E-state index is 2.63. The van der Waals surface area contributed by atoms with Crippen molar-refractivity contribution < 1.29 is 0 Å². The summed E-state index contributed by atoms with van der Waals surface area (Å²) in [5.41, 5.74) is 2.80. The summed E-state index contributed by atoms with van der Waals surface area (Å²) >= 11 is 0. The highest BCUT2D eigenvalue weighted by Crippen LogP contribution is 2.10. The van der Waals surface area contributed by atoms with Crippen molar-refractivity contribution >= 4 is 0 Å². The number of hydrogen-bond acceptors (Lipinski definition) is 2. The minimum absolute atomic E-state index is 1.11. The van der Waals surface area contributed by atoms with Gasteiger partial charge in [0.25, 0.3) is 0 Å². The second-order valence-electron chi connectivity index (χ2n) is 5.81. The lowest BCUT2D eigenvalue weighted by Crippen LogP contribution is -2.46. The van der Waals surface area contributed by atoms with E-state index in [1.54, 1.807) is 0 Å². The Morgan fingerprint density at radius 3 is 2.16 bits per heavy atom. The molecular formula is C17H28N2. The van der Waals surface area contributed by atoms with Crippen molar-refractivity contribution in [3.8, 4) is 0 Å². The minimum Gasteiger partial charge on any atom is -0.301 e. The van der Waals surface area contributed by atoms with Crippen molar-refractivity contribution in [1.29, 1.82) is 0 Å². The Bertz CT molecular complexity index is 350. The van der Waals surface area contributed by atoms with E-state index in [1.165, 1.54) is 63.1 Å². The van der Waals surface area contributed by atoms with Gasteiger partial charge in [-0.25, -0.2) is 0 Å². The standard InChI is InChI=1S/C17H28N2/c1-3-4-5-10-18-11-13-19(14-12-18)15-17-8-6-16(2)7-9-17/h6-9H,3-5,10-15H2,1-2H3. The average molecular weight is 260 g/mol. The third kappa shape index (κ3) is 4.96. The lowest BCUT2D eigenvalue weighted by atomic mass is 10.1. The normalized spacial score (nSPS) is 17.8. The van der Waals surface area contributed by atoms with E-state index in [9.17, 15) is 0 Å².